The quantitative estimate of drug-likeness (QED) is 0.786. The lowest BCUT2D eigenvalue weighted by molar-refractivity contribution is -0.120. The smallest absolute Gasteiger partial charge is 0.226 e. The molecule has 1 aromatic heterocycles. The van der Waals surface area contributed by atoms with Crippen LogP contribution in [0.2, 0.25) is 0 Å². The maximum Gasteiger partial charge on any atom is 0.226 e. The predicted molar refractivity (Wildman–Crippen MR) is 73.5 cm³/mol. The number of pyridine rings is 1. The van der Waals surface area contributed by atoms with Gasteiger partial charge in [0.15, 0.2) is 0 Å². The third-order valence-corrected chi connectivity index (χ3v) is 4.00. The molecule has 0 aliphatic carbocycles. The highest BCUT2D eigenvalue weighted by Crippen LogP contribution is 2.02. The Balaban J connectivity index is 2.30. The minimum absolute atomic E-state index is 0.0821. The molecule has 5 nitrogen and oxygen atoms in total. The predicted octanol–water partition coefficient (Wildman–Crippen LogP) is 0.480. The Bertz CT molecular complexity index is 420. The van der Waals surface area contributed by atoms with Gasteiger partial charge in [0, 0.05) is 34.5 Å². The Kier molecular flexibility index (Phi) is 5.77. The van der Waals surface area contributed by atoms with Crippen molar-refractivity contribution in [2.24, 2.45) is 0 Å². The molecule has 2 unspecified atom stereocenters. The summed E-state index contributed by atoms with van der Waals surface area (Å²) in [6, 6.07) is 3.45. The van der Waals surface area contributed by atoms with Gasteiger partial charge in [-0.2, -0.15) is 0 Å². The van der Waals surface area contributed by atoms with Crippen molar-refractivity contribution in [1.82, 2.24) is 10.3 Å². The van der Waals surface area contributed by atoms with Crippen molar-refractivity contribution < 1.29 is 9.00 Å². The first-order valence-corrected chi connectivity index (χ1v) is 7.40. The van der Waals surface area contributed by atoms with Crippen LogP contribution in [0.3, 0.4) is 0 Å². The molecule has 3 N–H and O–H groups in total. The van der Waals surface area contributed by atoms with Gasteiger partial charge >= 0.3 is 0 Å². The van der Waals surface area contributed by atoms with Crippen molar-refractivity contribution in [1.29, 1.82) is 0 Å². The topological polar surface area (TPSA) is 85.1 Å². The van der Waals surface area contributed by atoms with Crippen LogP contribution in [0.1, 0.15) is 19.0 Å². The summed E-state index contributed by atoms with van der Waals surface area (Å²) < 4.78 is 11.1. The summed E-state index contributed by atoms with van der Waals surface area (Å²) in [7, 11) is -0.843. The Labute approximate surface area is 110 Å². The number of nitrogen functional groups attached to an aromatic ring is 1. The third-order valence-electron chi connectivity index (χ3n) is 2.63. The van der Waals surface area contributed by atoms with E-state index in [9.17, 15) is 9.00 Å². The number of hydrogen-bond donors (Lipinski definition) is 2. The standard InChI is InChI=1S/C12H19N3O2S/c1-9(18(2)17)5-6-14-12(16)7-11-4-3-10(13)8-15-11/h3-4,8-9H,5-7,13H2,1-2H3,(H,14,16). The van der Waals surface area contributed by atoms with E-state index in [1.54, 1.807) is 18.4 Å². The minimum Gasteiger partial charge on any atom is -0.397 e. The summed E-state index contributed by atoms with van der Waals surface area (Å²) in [4.78, 5) is 15.6. The van der Waals surface area contributed by atoms with Gasteiger partial charge in [0.2, 0.25) is 5.91 Å². The molecule has 1 aromatic rings. The van der Waals surface area contributed by atoms with Crippen LogP contribution in [0.15, 0.2) is 18.3 Å². The zero-order valence-corrected chi connectivity index (χ0v) is 11.5. The van der Waals surface area contributed by atoms with Crippen LogP contribution in [0.4, 0.5) is 5.69 Å². The summed E-state index contributed by atoms with van der Waals surface area (Å²) in [5.41, 5.74) is 6.78. The maximum absolute atomic E-state index is 11.6. The molecule has 1 amide bonds. The van der Waals surface area contributed by atoms with Gasteiger partial charge in [0.25, 0.3) is 0 Å². The minimum atomic E-state index is -0.843. The van der Waals surface area contributed by atoms with Gasteiger partial charge < -0.3 is 11.1 Å². The lowest BCUT2D eigenvalue weighted by Gasteiger charge is -2.09. The van der Waals surface area contributed by atoms with Gasteiger partial charge in [0.05, 0.1) is 18.3 Å². The number of nitrogens with one attached hydrogen (secondary N) is 1. The number of rotatable bonds is 6. The molecule has 0 aliphatic rings. The largest absolute Gasteiger partial charge is 0.397 e. The van der Waals surface area contributed by atoms with Gasteiger partial charge in [-0.3, -0.25) is 14.0 Å². The van der Waals surface area contributed by atoms with Crippen LogP contribution < -0.4 is 11.1 Å². The molecule has 1 rings (SSSR count). The number of anilines is 1. The Morgan fingerprint density at radius 3 is 2.83 bits per heavy atom. The second kappa shape index (κ2) is 7.10. The first-order valence-electron chi connectivity index (χ1n) is 5.78. The van der Waals surface area contributed by atoms with Crippen LogP contribution in [-0.4, -0.2) is 33.2 Å². The summed E-state index contributed by atoms with van der Waals surface area (Å²) in [6.07, 6.45) is 4.16. The average molecular weight is 269 g/mol. The number of aromatic nitrogens is 1. The number of carbonyl (C=O) groups is 1. The number of hydrogen-bond acceptors (Lipinski definition) is 4. The van der Waals surface area contributed by atoms with E-state index in [-0.39, 0.29) is 17.6 Å². The second-order valence-corrected chi connectivity index (χ2v) is 6.01. The van der Waals surface area contributed by atoms with Crippen molar-refractivity contribution in [3.05, 3.63) is 24.0 Å². The average Bonchev–Trinajstić information content (AvgIpc) is 2.32. The molecular weight excluding hydrogens is 250 g/mol. The summed E-state index contributed by atoms with van der Waals surface area (Å²) in [5.74, 6) is -0.0821. The Morgan fingerprint density at radius 1 is 1.56 bits per heavy atom. The van der Waals surface area contributed by atoms with Crippen LogP contribution in [0, 0.1) is 0 Å². The highest BCUT2D eigenvalue weighted by molar-refractivity contribution is 7.84. The Morgan fingerprint density at radius 2 is 2.28 bits per heavy atom. The first-order chi connectivity index (χ1) is 8.49. The molecule has 0 radical (unpaired) electrons. The zero-order valence-electron chi connectivity index (χ0n) is 10.7. The monoisotopic (exact) mass is 269 g/mol. The van der Waals surface area contributed by atoms with E-state index in [1.807, 2.05) is 6.92 Å². The molecule has 0 aliphatic heterocycles. The van der Waals surface area contributed by atoms with Crippen LogP contribution >= 0.6 is 0 Å². The van der Waals surface area contributed by atoms with Gasteiger partial charge in [-0.05, 0) is 18.6 Å². The Hall–Kier alpha value is -1.43. The molecule has 0 bridgehead atoms. The lowest BCUT2D eigenvalue weighted by Crippen LogP contribution is -2.29. The number of nitrogens with two attached hydrogens (primary N) is 1. The van der Waals surface area contributed by atoms with E-state index in [1.165, 1.54) is 6.20 Å². The molecule has 0 saturated carbocycles. The van der Waals surface area contributed by atoms with Crippen molar-refractivity contribution in [3.8, 4) is 0 Å². The molecule has 0 saturated heterocycles. The number of nitrogens with zero attached hydrogens (tertiary/aromatic N) is 1. The number of carbonyl (C=O) groups excluding carboxylic acids is 1. The SMILES string of the molecule is CC(CCNC(=O)Cc1ccc(N)cn1)S(C)=O. The van der Waals surface area contributed by atoms with E-state index in [0.29, 0.717) is 24.3 Å². The molecule has 6 heteroatoms. The maximum atomic E-state index is 11.6. The molecule has 0 aromatic carbocycles. The zero-order chi connectivity index (χ0) is 13.5. The van der Waals surface area contributed by atoms with Gasteiger partial charge in [-0.15, -0.1) is 0 Å². The molecule has 0 fully saturated rings. The normalized spacial score (nSPS) is 13.9. The van der Waals surface area contributed by atoms with E-state index < -0.39 is 10.8 Å². The molecule has 0 spiro atoms. The third kappa shape index (κ3) is 5.27. The molecule has 18 heavy (non-hydrogen) atoms. The fourth-order valence-electron chi connectivity index (χ4n) is 1.35. The summed E-state index contributed by atoms with van der Waals surface area (Å²) >= 11 is 0. The highest BCUT2D eigenvalue weighted by atomic mass is 32.2. The summed E-state index contributed by atoms with van der Waals surface area (Å²) in [5, 5.41) is 2.88. The van der Waals surface area contributed by atoms with Crippen molar-refractivity contribution in [3.63, 3.8) is 0 Å². The van der Waals surface area contributed by atoms with Crippen molar-refractivity contribution in [2.75, 3.05) is 18.5 Å². The molecular formula is C12H19N3O2S. The van der Waals surface area contributed by atoms with Crippen LogP contribution in [0.5, 0.6) is 0 Å². The van der Waals surface area contributed by atoms with Crippen LogP contribution in [-0.2, 0) is 22.0 Å². The van der Waals surface area contributed by atoms with E-state index in [2.05, 4.69) is 10.3 Å². The fraction of sp³-hybridized carbons (Fsp3) is 0.500. The highest BCUT2D eigenvalue weighted by Gasteiger charge is 2.08. The van der Waals surface area contributed by atoms with Gasteiger partial charge in [-0.25, -0.2) is 0 Å². The fourth-order valence-corrected chi connectivity index (χ4v) is 1.80. The second-order valence-electron chi connectivity index (χ2n) is 4.21. The van der Waals surface area contributed by atoms with E-state index in [4.69, 9.17) is 5.73 Å². The van der Waals surface area contributed by atoms with Gasteiger partial charge in [0.1, 0.15) is 0 Å². The molecule has 100 valence electrons. The molecule has 1 heterocycles. The van der Waals surface area contributed by atoms with E-state index >= 15 is 0 Å². The molecule has 2 atom stereocenters. The lowest BCUT2D eigenvalue weighted by atomic mass is 10.2. The van der Waals surface area contributed by atoms with Crippen molar-refractivity contribution in [2.45, 2.75) is 25.0 Å². The number of amides is 1. The summed E-state index contributed by atoms with van der Waals surface area (Å²) in [6.45, 7) is 2.44. The van der Waals surface area contributed by atoms with Crippen molar-refractivity contribution >= 4 is 22.4 Å². The van der Waals surface area contributed by atoms with Gasteiger partial charge in [-0.1, -0.05) is 6.92 Å². The van der Waals surface area contributed by atoms with Crippen LogP contribution in [0.25, 0.3) is 0 Å². The first kappa shape index (κ1) is 14.6. The van der Waals surface area contributed by atoms with E-state index in [0.717, 1.165) is 0 Å².